The fourth-order valence-electron chi connectivity index (χ4n) is 3.67. The molecule has 4 rings (SSSR count). The molecule has 4 aromatic rings. The minimum atomic E-state index is -4.81. The van der Waals surface area contributed by atoms with Gasteiger partial charge in [-0.2, -0.15) is 0 Å². The molecule has 0 aliphatic heterocycles. The number of aromatic nitrogens is 2. The van der Waals surface area contributed by atoms with E-state index in [1.165, 1.54) is 12.1 Å². The first-order chi connectivity index (χ1) is 16.7. The Labute approximate surface area is 207 Å². The van der Waals surface area contributed by atoms with E-state index in [1.54, 1.807) is 28.8 Å². The van der Waals surface area contributed by atoms with Crippen LogP contribution in [0.25, 0.3) is 11.0 Å². The summed E-state index contributed by atoms with van der Waals surface area (Å²) in [5, 5.41) is 9.91. The van der Waals surface area contributed by atoms with Crippen molar-refractivity contribution in [3.63, 3.8) is 0 Å². The lowest BCUT2D eigenvalue weighted by molar-refractivity contribution is -0.274. The zero-order valence-electron chi connectivity index (χ0n) is 18.1. The molecule has 0 aliphatic rings. The summed E-state index contributed by atoms with van der Waals surface area (Å²) in [5.74, 6) is -0.379. The number of benzene rings is 3. The number of alkyl halides is 4. The fourth-order valence-corrected chi connectivity index (χ4v) is 3.99. The van der Waals surface area contributed by atoms with E-state index in [2.05, 4.69) is 9.73 Å². The topological polar surface area (TPSA) is 51.7 Å². The van der Waals surface area contributed by atoms with Gasteiger partial charge in [-0.05, 0) is 47.5 Å². The summed E-state index contributed by atoms with van der Waals surface area (Å²) in [6, 6.07) is 15.6. The van der Waals surface area contributed by atoms with Crippen LogP contribution in [0.1, 0.15) is 11.1 Å². The maximum absolute atomic E-state index is 13.6. The average Bonchev–Trinajstić information content (AvgIpc) is 3.07. The van der Waals surface area contributed by atoms with Gasteiger partial charge in [0.15, 0.2) is 0 Å². The molecular formula is C24H19Cl2F4N3O2. The van der Waals surface area contributed by atoms with E-state index in [-0.39, 0.29) is 23.9 Å². The van der Waals surface area contributed by atoms with E-state index in [0.29, 0.717) is 33.9 Å². The maximum atomic E-state index is 13.6. The molecule has 5 nitrogen and oxygen atoms in total. The molecular weight excluding hydrogens is 509 g/mol. The van der Waals surface area contributed by atoms with Crippen molar-refractivity contribution < 1.29 is 27.4 Å². The largest absolute Gasteiger partial charge is 0.573 e. The van der Waals surface area contributed by atoms with E-state index in [4.69, 9.17) is 23.2 Å². The molecule has 0 atom stereocenters. The molecule has 3 aromatic carbocycles. The number of aliphatic hydroxyl groups excluding tert-OH is 1. The van der Waals surface area contributed by atoms with Gasteiger partial charge in [0.2, 0.25) is 5.62 Å². The van der Waals surface area contributed by atoms with E-state index in [0.717, 1.165) is 23.3 Å². The van der Waals surface area contributed by atoms with Crippen LogP contribution in [0, 0.1) is 0 Å². The molecule has 0 saturated heterocycles. The zero-order chi connectivity index (χ0) is 25.2. The van der Waals surface area contributed by atoms with Crippen LogP contribution in [-0.4, -0.2) is 27.3 Å². The molecule has 1 N–H and O–H groups in total. The number of rotatable bonds is 7. The normalized spacial score (nSPS) is 12.5. The van der Waals surface area contributed by atoms with E-state index in [9.17, 15) is 22.7 Å². The Morgan fingerprint density at radius 2 is 1.43 bits per heavy atom. The number of aryl methyl sites for hydroxylation is 1. The van der Waals surface area contributed by atoms with Gasteiger partial charge in [-0.3, -0.25) is 0 Å². The van der Waals surface area contributed by atoms with Gasteiger partial charge in [0.1, 0.15) is 12.4 Å². The lowest BCUT2D eigenvalue weighted by Crippen LogP contribution is -2.27. The Bertz CT molecular complexity index is 1400. The van der Waals surface area contributed by atoms with Crippen molar-refractivity contribution in [2.24, 2.45) is 4.99 Å². The molecule has 1 aromatic heterocycles. The number of fused-ring (bicyclic) bond motifs is 1. The number of nitrogens with zero attached hydrogens (tertiary/aromatic N) is 3. The third-order valence-electron chi connectivity index (χ3n) is 5.24. The van der Waals surface area contributed by atoms with Gasteiger partial charge in [0, 0.05) is 0 Å². The molecule has 0 fully saturated rings. The SMILES string of the molecule is OCc1ccc(Cn2/c(=N\c3ccc(OC(F)(F)F)cc3)n(CCF)c3cc(Cl)c(Cl)cc32)cc1. The van der Waals surface area contributed by atoms with Crippen LogP contribution in [0.5, 0.6) is 5.75 Å². The standard InChI is InChI=1S/C24H19Cl2F4N3O2/c25-19-11-21-22(12-20(19)26)33(13-15-1-3-16(14-34)4-2-15)23(32(21)10-9-27)31-17-5-7-18(8-6-17)35-24(28,29)30/h1-8,11-12,34H,9-10,13-14H2/b31-23-. The van der Waals surface area contributed by atoms with Crippen molar-refractivity contribution in [1.29, 1.82) is 0 Å². The van der Waals surface area contributed by atoms with Crippen molar-refractivity contribution in [3.05, 3.63) is 87.5 Å². The predicted molar refractivity (Wildman–Crippen MR) is 126 cm³/mol. The molecule has 0 radical (unpaired) electrons. The number of imidazole rings is 1. The third-order valence-corrected chi connectivity index (χ3v) is 5.96. The number of ether oxygens (including phenoxy) is 1. The molecule has 184 valence electrons. The molecule has 1 heterocycles. The number of aliphatic hydroxyl groups is 1. The molecule has 0 amide bonds. The molecule has 11 heteroatoms. The summed E-state index contributed by atoms with van der Waals surface area (Å²) in [6.07, 6.45) is -4.81. The van der Waals surface area contributed by atoms with Crippen LogP contribution in [0.15, 0.2) is 65.7 Å². The predicted octanol–water partition coefficient (Wildman–Crippen LogP) is 6.39. The number of hydrogen-bond donors (Lipinski definition) is 1. The number of halogens is 6. The molecule has 0 bridgehead atoms. The first kappa shape index (κ1) is 25.1. The highest BCUT2D eigenvalue weighted by Gasteiger charge is 2.31. The second kappa shape index (κ2) is 10.3. The first-order valence-corrected chi connectivity index (χ1v) is 11.2. The minimum absolute atomic E-state index is 0.0288. The van der Waals surface area contributed by atoms with Crippen LogP contribution < -0.4 is 10.4 Å². The van der Waals surface area contributed by atoms with Gasteiger partial charge in [-0.25, -0.2) is 9.38 Å². The molecule has 0 saturated carbocycles. The number of hydrogen-bond acceptors (Lipinski definition) is 3. The second-order valence-electron chi connectivity index (χ2n) is 7.61. The Hall–Kier alpha value is -3.01. The third kappa shape index (κ3) is 5.80. The van der Waals surface area contributed by atoms with E-state index < -0.39 is 13.0 Å². The summed E-state index contributed by atoms with van der Waals surface area (Å²) >= 11 is 12.5. The van der Waals surface area contributed by atoms with Crippen LogP contribution >= 0.6 is 23.2 Å². The highest BCUT2D eigenvalue weighted by atomic mass is 35.5. The quantitative estimate of drug-likeness (QED) is 0.283. The second-order valence-corrected chi connectivity index (χ2v) is 8.42. The fraction of sp³-hybridized carbons (Fsp3) is 0.208. The summed E-state index contributed by atoms with van der Waals surface area (Å²) in [5.41, 5.74) is 3.56. The molecule has 35 heavy (non-hydrogen) atoms. The summed E-state index contributed by atoms with van der Waals surface area (Å²) in [4.78, 5) is 4.62. The van der Waals surface area contributed by atoms with Gasteiger partial charge in [-0.15, -0.1) is 13.2 Å². The van der Waals surface area contributed by atoms with Crippen LogP contribution in [0.2, 0.25) is 10.0 Å². The van der Waals surface area contributed by atoms with Crippen molar-refractivity contribution in [2.75, 3.05) is 6.67 Å². The van der Waals surface area contributed by atoms with Gasteiger partial charge in [-0.1, -0.05) is 47.5 Å². The van der Waals surface area contributed by atoms with Crippen molar-refractivity contribution in [3.8, 4) is 5.75 Å². The average molecular weight is 528 g/mol. The highest BCUT2D eigenvalue weighted by Crippen LogP contribution is 2.29. The van der Waals surface area contributed by atoms with Crippen molar-refractivity contribution in [2.45, 2.75) is 26.1 Å². The Morgan fingerprint density at radius 1 is 0.857 bits per heavy atom. The van der Waals surface area contributed by atoms with Crippen LogP contribution in [-0.2, 0) is 19.7 Å². The lowest BCUT2D eigenvalue weighted by atomic mass is 10.1. The van der Waals surface area contributed by atoms with Crippen LogP contribution in [0.3, 0.4) is 0 Å². The van der Waals surface area contributed by atoms with E-state index >= 15 is 0 Å². The monoisotopic (exact) mass is 527 g/mol. The zero-order valence-corrected chi connectivity index (χ0v) is 19.6. The van der Waals surface area contributed by atoms with Gasteiger partial charge in [0.25, 0.3) is 0 Å². The molecule has 0 aliphatic carbocycles. The van der Waals surface area contributed by atoms with Gasteiger partial charge < -0.3 is 19.0 Å². The maximum Gasteiger partial charge on any atom is 0.573 e. The minimum Gasteiger partial charge on any atom is -0.406 e. The van der Waals surface area contributed by atoms with E-state index in [1.807, 2.05) is 16.7 Å². The summed E-state index contributed by atoms with van der Waals surface area (Å²) in [7, 11) is 0. The summed E-state index contributed by atoms with van der Waals surface area (Å²) in [6.45, 7) is -0.478. The Balaban J connectivity index is 1.89. The van der Waals surface area contributed by atoms with Crippen molar-refractivity contribution in [1.82, 2.24) is 9.13 Å². The Kier molecular flexibility index (Phi) is 7.39. The molecule has 0 spiro atoms. The highest BCUT2D eigenvalue weighted by molar-refractivity contribution is 6.42. The van der Waals surface area contributed by atoms with Gasteiger partial charge in [0.05, 0.1) is 46.5 Å². The van der Waals surface area contributed by atoms with Crippen LogP contribution in [0.4, 0.5) is 23.2 Å². The molecule has 0 unspecified atom stereocenters. The van der Waals surface area contributed by atoms with Gasteiger partial charge >= 0.3 is 6.36 Å². The first-order valence-electron chi connectivity index (χ1n) is 10.4. The lowest BCUT2D eigenvalue weighted by Gasteiger charge is -2.09. The Morgan fingerprint density at radius 3 is 1.97 bits per heavy atom. The van der Waals surface area contributed by atoms with Crippen molar-refractivity contribution >= 4 is 39.9 Å². The summed E-state index contributed by atoms with van der Waals surface area (Å²) < 4.78 is 58.4. The smallest absolute Gasteiger partial charge is 0.406 e.